The van der Waals surface area contributed by atoms with Crippen molar-refractivity contribution in [3.05, 3.63) is 47.6 Å². The van der Waals surface area contributed by atoms with Gasteiger partial charge in [0.1, 0.15) is 23.5 Å². The van der Waals surface area contributed by atoms with Gasteiger partial charge in [0.25, 0.3) is 0 Å². The number of amides is 1. The number of hydrogen-bond donors (Lipinski definition) is 3. The molecule has 33 heavy (non-hydrogen) atoms. The SMILES string of the molecule is CC(C)c1ncc(Nc2nc(N3CCCC3C(=O)Nc3ccc(F)nc3)nc3c2CCC3)[nH]1. The van der Waals surface area contributed by atoms with Gasteiger partial charge >= 0.3 is 0 Å². The molecule has 10 heteroatoms. The largest absolute Gasteiger partial charge is 0.329 e. The summed E-state index contributed by atoms with van der Waals surface area (Å²) in [6.07, 6.45) is 7.50. The minimum absolute atomic E-state index is 0.172. The lowest BCUT2D eigenvalue weighted by Gasteiger charge is -2.25. The van der Waals surface area contributed by atoms with E-state index in [9.17, 15) is 9.18 Å². The number of rotatable bonds is 6. The molecule has 2 aliphatic rings. The van der Waals surface area contributed by atoms with Crippen molar-refractivity contribution in [2.75, 3.05) is 22.1 Å². The summed E-state index contributed by atoms with van der Waals surface area (Å²) in [5.74, 6) is 2.56. The molecule has 9 nitrogen and oxygen atoms in total. The first-order valence-corrected chi connectivity index (χ1v) is 11.4. The highest BCUT2D eigenvalue weighted by molar-refractivity contribution is 5.96. The second kappa shape index (κ2) is 8.76. The van der Waals surface area contributed by atoms with E-state index < -0.39 is 12.0 Å². The van der Waals surface area contributed by atoms with E-state index in [4.69, 9.17) is 9.97 Å². The van der Waals surface area contributed by atoms with Gasteiger partial charge in [0.2, 0.25) is 17.8 Å². The third-order valence-corrected chi connectivity index (χ3v) is 6.12. The van der Waals surface area contributed by atoms with Crippen molar-refractivity contribution in [3.63, 3.8) is 0 Å². The Labute approximate surface area is 191 Å². The Kier molecular flexibility index (Phi) is 5.65. The van der Waals surface area contributed by atoms with Gasteiger partial charge in [-0.25, -0.2) is 15.0 Å². The molecular weight excluding hydrogens is 423 g/mol. The number of aromatic amines is 1. The molecule has 1 unspecified atom stereocenters. The zero-order valence-electron chi connectivity index (χ0n) is 18.7. The van der Waals surface area contributed by atoms with Gasteiger partial charge in [0.05, 0.1) is 23.8 Å². The number of H-pyrrole nitrogens is 1. The van der Waals surface area contributed by atoms with Crippen molar-refractivity contribution in [3.8, 4) is 0 Å². The van der Waals surface area contributed by atoms with Crippen molar-refractivity contribution in [1.82, 2.24) is 24.9 Å². The highest BCUT2D eigenvalue weighted by atomic mass is 19.1. The summed E-state index contributed by atoms with van der Waals surface area (Å²) in [7, 11) is 0. The van der Waals surface area contributed by atoms with Crippen molar-refractivity contribution < 1.29 is 9.18 Å². The molecule has 1 fully saturated rings. The lowest BCUT2D eigenvalue weighted by Crippen LogP contribution is -2.40. The van der Waals surface area contributed by atoms with Crippen LogP contribution in [0.3, 0.4) is 0 Å². The number of nitrogens with zero attached hydrogens (tertiary/aromatic N) is 5. The van der Waals surface area contributed by atoms with E-state index in [0.29, 0.717) is 30.5 Å². The van der Waals surface area contributed by atoms with E-state index in [1.807, 2.05) is 4.90 Å². The summed E-state index contributed by atoms with van der Waals surface area (Å²) in [4.78, 5) is 36.0. The predicted molar refractivity (Wildman–Crippen MR) is 123 cm³/mol. The zero-order chi connectivity index (χ0) is 22.9. The molecule has 0 bridgehead atoms. The number of imidazole rings is 1. The van der Waals surface area contributed by atoms with Crippen molar-refractivity contribution in [2.45, 2.75) is 57.9 Å². The molecule has 172 valence electrons. The van der Waals surface area contributed by atoms with E-state index in [1.165, 1.54) is 18.3 Å². The minimum Gasteiger partial charge on any atom is -0.329 e. The molecule has 1 amide bonds. The molecule has 0 aromatic carbocycles. The van der Waals surface area contributed by atoms with Gasteiger partial charge in [0, 0.05) is 18.0 Å². The quantitative estimate of drug-likeness (QED) is 0.491. The Morgan fingerprint density at radius 3 is 2.82 bits per heavy atom. The van der Waals surface area contributed by atoms with Crippen molar-refractivity contribution >= 4 is 29.2 Å². The van der Waals surface area contributed by atoms with E-state index in [-0.39, 0.29) is 5.91 Å². The van der Waals surface area contributed by atoms with Crippen LogP contribution in [0.2, 0.25) is 0 Å². The van der Waals surface area contributed by atoms with Crippen LogP contribution in [0.25, 0.3) is 0 Å². The van der Waals surface area contributed by atoms with Crippen LogP contribution in [0.15, 0.2) is 24.5 Å². The van der Waals surface area contributed by atoms with Crippen LogP contribution in [0.5, 0.6) is 0 Å². The molecular formula is C23H27FN8O. The molecule has 1 aliphatic carbocycles. The fraction of sp³-hybridized carbons (Fsp3) is 0.435. The Bertz CT molecular complexity index is 1160. The first kappa shape index (κ1) is 21.3. The van der Waals surface area contributed by atoms with Gasteiger partial charge in [-0.15, -0.1) is 0 Å². The van der Waals surface area contributed by atoms with Crippen LogP contribution in [-0.4, -0.2) is 43.4 Å². The Hall–Kier alpha value is -3.56. The molecule has 5 rings (SSSR count). The highest BCUT2D eigenvalue weighted by Crippen LogP contribution is 2.32. The smallest absolute Gasteiger partial charge is 0.247 e. The molecule has 3 aromatic heterocycles. The van der Waals surface area contributed by atoms with Crippen LogP contribution < -0.4 is 15.5 Å². The number of carbonyl (C=O) groups is 1. The predicted octanol–water partition coefficient (Wildman–Crippen LogP) is 3.70. The summed E-state index contributed by atoms with van der Waals surface area (Å²) in [6, 6.07) is 2.33. The van der Waals surface area contributed by atoms with Crippen LogP contribution in [0, 0.1) is 5.95 Å². The Balaban J connectivity index is 1.40. The molecule has 0 saturated carbocycles. The second-order valence-corrected chi connectivity index (χ2v) is 8.82. The van der Waals surface area contributed by atoms with E-state index in [1.54, 1.807) is 6.20 Å². The molecule has 1 saturated heterocycles. The molecule has 3 N–H and O–H groups in total. The highest BCUT2D eigenvalue weighted by Gasteiger charge is 2.34. The Morgan fingerprint density at radius 1 is 1.18 bits per heavy atom. The number of hydrogen-bond acceptors (Lipinski definition) is 7. The van der Waals surface area contributed by atoms with Gasteiger partial charge in [0.15, 0.2) is 0 Å². The van der Waals surface area contributed by atoms with E-state index in [0.717, 1.165) is 54.4 Å². The topological polar surface area (TPSA) is 112 Å². The summed E-state index contributed by atoms with van der Waals surface area (Å²) < 4.78 is 13.1. The molecule has 4 heterocycles. The number of carbonyl (C=O) groups excluding carboxylic acids is 1. The summed E-state index contributed by atoms with van der Waals surface area (Å²) >= 11 is 0. The fourth-order valence-electron chi connectivity index (χ4n) is 4.43. The minimum atomic E-state index is -0.583. The third-order valence-electron chi connectivity index (χ3n) is 6.12. The number of aromatic nitrogens is 5. The average Bonchev–Trinajstić information content (AvgIpc) is 3.55. The average molecular weight is 451 g/mol. The first-order chi connectivity index (χ1) is 16.0. The summed E-state index contributed by atoms with van der Waals surface area (Å²) in [5.41, 5.74) is 2.61. The maximum absolute atomic E-state index is 13.1. The van der Waals surface area contributed by atoms with Crippen molar-refractivity contribution in [1.29, 1.82) is 0 Å². The maximum Gasteiger partial charge on any atom is 0.247 e. The van der Waals surface area contributed by atoms with Gasteiger partial charge in [-0.3, -0.25) is 4.79 Å². The van der Waals surface area contributed by atoms with Crippen molar-refractivity contribution in [2.24, 2.45) is 0 Å². The van der Waals surface area contributed by atoms with Gasteiger partial charge in [-0.05, 0) is 44.2 Å². The number of fused-ring (bicyclic) bond motifs is 1. The molecule has 0 spiro atoms. The van der Waals surface area contributed by atoms with Crippen LogP contribution in [0.1, 0.15) is 56.1 Å². The number of pyridine rings is 1. The maximum atomic E-state index is 13.1. The number of nitrogens with one attached hydrogen (secondary N) is 3. The Morgan fingerprint density at radius 2 is 2.06 bits per heavy atom. The standard InChI is InChI=1S/C23H27FN8O/c1-13(2)20-26-12-19(29-20)30-21-15-5-3-6-16(15)28-23(31-21)32-10-4-7-17(32)22(33)27-14-8-9-18(24)25-11-14/h8-9,11-13,17H,3-7,10H2,1-2H3,(H,26,29)(H,27,33)(H,28,30,31). The zero-order valence-corrected chi connectivity index (χ0v) is 18.7. The first-order valence-electron chi connectivity index (χ1n) is 11.4. The summed E-state index contributed by atoms with van der Waals surface area (Å²) in [5, 5.41) is 6.23. The van der Waals surface area contributed by atoms with Gasteiger partial charge < -0.3 is 20.5 Å². The second-order valence-electron chi connectivity index (χ2n) is 8.82. The normalized spacial score (nSPS) is 17.5. The summed E-state index contributed by atoms with van der Waals surface area (Å²) in [6.45, 7) is 4.87. The molecule has 1 atom stereocenters. The van der Waals surface area contributed by atoms with Gasteiger partial charge in [-0.2, -0.15) is 9.37 Å². The fourth-order valence-corrected chi connectivity index (χ4v) is 4.43. The third kappa shape index (κ3) is 4.37. The van der Waals surface area contributed by atoms with Crippen LogP contribution >= 0.6 is 0 Å². The molecule has 3 aromatic rings. The van der Waals surface area contributed by atoms with Gasteiger partial charge in [-0.1, -0.05) is 13.8 Å². The lowest BCUT2D eigenvalue weighted by atomic mass is 10.2. The number of halogens is 1. The number of aryl methyl sites for hydroxylation is 1. The van der Waals surface area contributed by atoms with Crippen LogP contribution in [0.4, 0.5) is 27.7 Å². The monoisotopic (exact) mass is 450 g/mol. The molecule has 0 radical (unpaired) electrons. The van der Waals surface area contributed by atoms with E-state index in [2.05, 4.69) is 39.4 Å². The van der Waals surface area contributed by atoms with Crippen LogP contribution in [-0.2, 0) is 17.6 Å². The molecule has 1 aliphatic heterocycles. The van der Waals surface area contributed by atoms with E-state index >= 15 is 0 Å². The number of anilines is 4. The lowest BCUT2D eigenvalue weighted by molar-refractivity contribution is -0.117.